The number of rotatable bonds is 2. The Kier molecular flexibility index (Phi) is 3.67. The van der Waals surface area contributed by atoms with Crippen molar-refractivity contribution in [3.05, 3.63) is 35.3 Å². The van der Waals surface area contributed by atoms with Crippen molar-refractivity contribution in [3.8, 4) is 0 Å². The molecule has 4 nitrogen and oxygen atoms in total. The van der Waals surface area contributed by atoms with Gasteiger partial charge in [-0.1, -0.05) is 0 Å². The Bertz CT molecular complexity index is 719. The fourth-order valence-corrected chi connectivity index (χ4v) is 4.02. The molecular weight excluding hydrogens is 295 g/mol. The van der Waals surface area contributed by atoms with E-state index in [2.05, 4.69) is 16.8 Å². The van der Waals surface area contributed by atoms with E-state index in [0.717, 1.165) is 61.1 Å². The van der Waals surface area contributed by atoms with Gasteiger partial charge in [-0.3, -0.25) is 4.90 Å². The highest BCUT2D eigenvalue weighted by molar-refractivity contribution is 5.84. The zero-order chi connectivity index (χ0) is 16.0. The lowest BCUT2D eigenvalue weighted by Crippen LogP contribution is -2.44. The normalized spacial score (nSPS) is 24.7. The lowest BCUT2D eigenvalue weighted by molar-refractivity contribution is -0.0458. The molecule has 2 saturated heterocycles. The molecule has 0 saturated carbocycles. The molecule has 2 N–H and O–H groups in total. The highest BCUT2D eigenvalue weighted by Gasteiger charge is 2.42. The van der Waals surface area contributed by atoms with E-state index in [1.807, 2.05) is 0 Å². The molecule has 0 amide bonds. The third kappa shape index (κ3) is 2.77. The number of likely N-dealkylation sites (tertiary alicyclic amines) is 1. The number of piperidine rings is 1. The fraction of sp³-hybridized carbons (Fsp3) is 0.556. The number of hydrogen-bond acceptors (Lipinski definition) is 3. The quantitative estimate of drug-likeness (QED) is 0.895. The molecule has 1 aromatic heterocycles. The van der Waals surface area contributed by atoms with Crippen LogP contribution in [0.1, 0.15) is 30.5 Å². The first-order valence-corrected chi connectivity index (χ1v) is 8.36. The predicted molar refractivity (Wildman–Crippen MR) is 86.8 cm³/mol. The van der Waals surface area contributed by atoms with Crippen molar-refractivity contribution >= 4 is 10.9 Å². The summed E-state index contributed by atoms with van der Waals surface area (Å²) in [5, 5.41) is 10.7. The van der Waals surface area contributed by atoms with Gasteiger partial charge < -0.3 is 14.8 Å². The van der Waals surface area contributed by atoms with Crippen molar-refractivity contribution in [2.24, 2.45) is 0 Å². The Morgan fingerprint density at radius 2 is 2.17 bits per heavy atom. The van der Waals surface area contributed by atoms with E-state index < -0.39 is 0 Å². The lowest BCUT2D eigenvalue weighted by atomic mass is 9.88. The molecule has 1 atom stereocenters. The summed E-state index contributed by atoms with van der Waals surface area (Å²) in [7, 11) is 0. The first kappa shape index (κ1) is 15.1. The average Bonchev–Trinajstić information content (AvgIpc) is 3.04. The Morgan fingerprint density at radius 1 is 1.39 bits per heavy atom. The highest BCUT2D eigenvalue weighted by Crippen LogP contribution is 2.36. The summed E-state index contributed by atoms with van der Waals surface area (Å²) in [4.78, 5) is 5.84. The molecule has 2 aromatic rings. The van der Waals surface area contributed by atoms with Crippen LogP contribution >= 0.6 is 0 Å². The first-order chi connectivity index (χ1) is 11.0. The molecule has 124 valence electrons. The summed E-state index contributed by atoms with van der Waals surface area (Å²) in [6, 6.07) is 4.90. The molecule has 0 aliphatic carbocycles. The van der Waals surface area contributed by atoms with E-state index in [4.69, 9.17) is 4.74 Å². The summed E-state index contributed by atoms with van der Waals surface area (Å²) in [6.45, 7) is 5.31. The van der Waals surface area contributed by atoms with Gasteiger partial charge in [0, 0.05) is 42.7 Å². The van der Waals surface area contributed by atoms with Crippen molar-refractivity contribution in [1.29, 1.82) is 0 Å². The van der Waals surface area contributed by atoms with Gasteiger partial charge >= 0.3 is 0 Å². The highest BCUT2D eigenvalue weighted by atomic mass is 19.1. The molecule has 23 heavy (non-hydrogen) atoms. The monoisotopic (exact) mass is 318 g/mol. The van der Waals surface area contributed by atoms with Gasteiger partial charge in [-0.25, -0.2) is 4.39 Å². The Morgan fingerprint density at radius 3 is 2.87 bits per heavy atom. The molecule has 0 bridgehead atoms. The first-order valence-electron chi connectivity index (χ1n) is 8.36. The maximum Gasteiger partial charge on any atom is 0.123 e. The maximum atomic E-state index is 13.4. The molecular formula is C18H23FN2O2. The number of aromatic nitrogens is 1. The van der Waals surface area contributed by atoms with Crippen LogP contribution in [0.2, 0.25) is 0 Å². The molecule has 0 unspecified atom stereocenters. The topological polar surface area (TPSA) is 48.5 Å². The standard InChI is InChI=1S/C18H23FN2O2/c1-12-15-8-13(19)2-3-16(15)20-17(12)10-21-6-4-18(5-7-21)9-14(22)11-23-18/h2-3,8,14,20,22H,4-7,9-11H2,1H3/t14-/m0/s1. The van der Waals surface area contributed by atoms with Crippen LogP contribution in [0.5, 0.6) is 0 Å². The van der Waals surface area contributed by atoms with E-state index in [1.54, 1.807) is 12.1 Å². The minimum atomic E-state index is -0.299. The van der Waals surface area contributed by atoms with Crippen molar-refractivity contribution in [2.75, 3.05) is 19.7 Å². The number of nitrogens with one attached hydrogen (secondary N) is 1. The minimum Gasteiger partial charge on any atom is -0.391 e. The van der Waals surface area contributed by atoms with Gasteiger partial charge in [-0.2, -0.15) is 0 Å². The molecule has 1 aromatic carbocycles. The van der Waals surface area contributed by atoms with Crippen molar-refractivity contribution < 1.29 is 14.2 Å². The number of nitrogens with zero attached hydrogens (tertiary/aromatic N) is 1. The summed E-state index contributed by atoms with van der Waals surface area (Å²) in [6.07, 6.45) is 2.41. The largest absolute Gasteiger partial charge is 0.391 e. The predicted octanol–water partition coefficient (Wildman–Crippen LogP) is 2.73. The number of halogens is 1. The minimum absolute atomic E-state index is 0.103. The van der Waals surface area contributed by atoms with Crippen LogP contribution in [0, 0.1) is 12.7 Å². The van der Waals surface area contributed by atoms with E-state index >= 15 is 0 Å². The van der Waals surface area contributed by atoms with Gasteiger partial charge in [0.2, 0.25) is 0 Å². The second-order valence-electron chi connectivity index (χ2n) is 7.05. The Balaban J connectivity index is 1.46. The third-order valence-electron chi connectivity index (χ3n) is 5.46. The Labute approximate surface area is 135 Å². The number of H-pyrrole nitrogens is 1. The van der Waals surface area contributed by atoms with Crippen LogP contribution < -0.4 is 0 Å². The van der Waals surface area contributed by atoms with Crippen molar-refractivity contribution in [2.45, 2.75) is 44.4 Å². The maximum absolute atomic E-state index is 13.4. The van der Waals surface area contributed by atoms with Crippen molar-refractivity contribution in [3.63, 3.8) is 0 Å². The summed E-state index contributed by atoms with van der Waals surface area (Å²) >= 11 is 0. The SMILES string of the molecule is Cc1c(CN2CCC3(CC2)C[C@H](O)CO3)[nH]c2ccc(F)cc12. The molecule has 5 heteroatoms. The van der Waals surface area contributed by atoms with Gasteiger partial charge in [-0.15, -0.1) is 0 Å². The van der Waals surface area contributed by atoms with Crippen LogP contribution in [0.15, 0.2) is 18.2 Å². The van der Waals surface area contributed by atoms with Gasteiger partial charge in [0.1, 0.15) is 5.82 Å². The number of ether oxygens (including phenoxy) is 1. The number of aliphatic hydroxyl groups is 1. The molecule has 2 aliphatic heterocycles. The zero-order valence-corrected chi connectivity index (χ0v) is 13.4. The molecule has 4 rings (SSSR count). The molecule has 2 aliphatic rings. The fourth-order valence-electron chi connectivity index (χ4n) is 4.02. The second-order valence-corrected chi connectivity index (χ2v) is 7.05. The van der Waals surface area contributed by atoms with Gasteiger partial charge in [-0.05, 0) is 43.5 Å². The van der Waals surface area contributed by atoms with E-state index in [1.165, 1.54) is 6.07 Å². The van der Waals surface area contributed by atoms with Crippen LogP contribution in [-0.4, -0.2) is 46.4 Å². The molecule has 0 radical (unpaired) electrons. The van der Waals surface area contributed by atoms with E-state index in [9.17, 15) is 9.50 Å². The molecule has 1 spiro atoms. The summed E-state index contributed by atoms with van der Waals surface area (Å²) in [5.41, 5.74) is 3.19. The number of aryl methyl sites for hydroxylation is 1. The van der Waals surface area contributed by atoms with Crippen LogP contribution in [0.25, 0.3) is 10.9 Å². The summed E-state index contributed by atoms with van der Waals surface area (Å²) in [5.74, 6) is -0.192. The smallest absolute Gasteiger partial charge is 0.123 e. The van der Waals surface area contributed by atoms with Gasteiger partial charge in [0.05, 0.1) is 18.3 Å². The van der Waals surface area contributed by atoms with Gasteiger partial charge in [0.15, 0.2) is 0 Å². The Hall–Kier alpha value is -1.43. The van der Waals surface area contributed by atoms with Crippen LogP contribution in [0.3, 0.4) is 0 Å². The van der Waals surface area contributed by atoms with Crippen LogP contribution in [0.4, 0.5) is 4.39 Å². The number of aromatic amines is 1. The second kappa shape index (κ2) is 5.58. The van der Waals surface area contributed by atoms with E-state index in [0.29, 0.717) is 6.61 Å². The molecule has 2 fully saturated rings. The number of benzene rings is 1. The summed E-state index contributed by atoms with van der Waals surface area (Å²) < 4.78 is 19.3. The number of fused-ring (bicyclic) bond motifs is 1. The van der Waals surface area contributed by atoms with Crippen molar-refractivity contribution in [1.82, 2.24) is 9.88 Å². The zero-order valence-electron chi connectivity index (χ0n) is 13.4. The van der Waals surface area contributed by atoms with Gasteiger partial charge in [0.25, 0.3) is 0 Å². The number of hydrogen-bond donors (Lipinski definition) is 2. The average molecular weight is 318 g/mol. The lowest BCUT2D eigenvalue weighted by Gasteiger charge is -2.38. The third-order valence-corrected chi connectivity index (χ3v) is 5.46. The molecule has 3 heterocycles. The van der Waals surface area contributed by atoms with E-state index in [-0.39, 0.29) is 17.5 Å². The number of aliphatic hydroxyl groups excluding tert-OH is 1. The van der Waals surface area contributed by atoms with Crippen LogP contribution in [-0.2, 0) is 11.3 Å².